The summed E-state index contributed by atoms with van der Waals surface area (Å²) in [4.78, 5) is 22.7. The maximum absolute atomic E-state index is 11.8. The fourth-order valence-electron chi connectivity index (χ4n) is 4.59. The van der Waals surface area contributed by atoms with E-state index in [2.05, 4.69) is 5.32 Å². The Hall–Kier alpha value is -1.95. The van der Waals surface area contributed by atoms with E-state index >= 15 is 0 Å². The van der Waals surface area contributed by atoms with Crippen LogP contribution < -0.4 is 64.3 Å². The molecule has 0 spiro atoms. The van der Waals surface area contributed by atoms with Gasteiger partial charge in [0.2, 0.25) is 17.3 Å². The van der Waals surface area contributed by atoms with Crippen LogP contribution in [0.15, 0.2) is 24.3 Å². The predicted molar refractivity (Wildman–Crippen MR) is 144 cm³/mol. The van der Waals surface area contributed by atoms with Crippen molar-refractivity contribution in [2.45, 2.75) is 43.5 Å². The Morgan fingerprint density at radius 2 is 1.61 bits per heavy atom. The van der Waals surface area contributed by atoms with Crippen LogP contribution in [-0.4, -0.2) is 64.3 Å². The van der Waals surface area contributed by atoms with Crippen LogP contribution >= 0.6 is 11.8 Å². The number of methoxy groups -OCH3 is 4. The van der Waals surface area contributed by atoms with Gasteiger partial charge in [0.15, 0.2) is 17.8 Å². The summed E-state index contributed by atoms with van der Waals surface area (Å²) < 4.78 is 28.3. The summed E-state index contributed by atoms with van der Waals surface area (Å²) in [7, 11) is 6.30. The van der Waals surface area contributed by atoms with Crippen molar-refractivity contribution in [2.24, 2.45) is 5.73 Å². The molecule has 1 saturated heterocycles. The van der Waals surface area contributed by atoms with Crippen LogP contribution in [0.3, 0.4) is 0 Å². The van der Waals surface area contributed by atoms with Crippen LogP contribution in [0.5, 0.6) is 28.7 Å². The molecule has 9 nitrogen and oxygen atoms in total. The molecule has 11 heteroatoms. The van der Waals surface area contributed by atoms with Crippen LogP contribution in [0.2, 0.25) is 0 Å². The first-order chi connectivity index (χ1) is 18.0. The van der Waals surface area contributed by atoms with E-state index in [-0.39, 0.29) is 42.8 Å². The monoisotopic (exact) mass is 556 g/mol. The average Bonchev–Trinajstić information content (AvgIpc) is 3.39. The van der Waals surface area contributed by atoms with E-state index in [1.54, 1.807) is 40.2 Å². The van der Waals surface area contributed by atoms with Crippen molar-refractivity contribution >= 4 is 23.8 Å². The third kappa shape index (κ3) is 7.58. The first-order valence-electron chi connectivity index (χ1n) is 12.2. The minimum absolute atomic E-state index is 0. The molecule has 0 amide bonds. The number of hydrogen-bond acceptors (Lipinski definition) is 10. The fraction of sp³-hybridized carbons (Fsp3) is 0.481. The number of ketones is 1. The molecule has 204 valence electrons. The number of unbranched alkanes of at least 4 members (excludes halogenated alkanes) is 1. The van der Waals surface area contributed by atoms with Gasteiger partial charge in [0.05, 0.1) is 41.1 Å². The Balaban J connectivity index is 0.00000380. The van der Waals surface area contributed by atoms with E-state index < -0.39 is 11.8 Å². The summed E-state index contributed by atoms with van der Waals surface area (Å²) in [5.74, 6) is 3.18. The van der Waals surface area contributed by atoms with Gasteiger partial charge in [0.25, 0.3) is 0 Å². The summed E-state index contributed by atoms with van der Waals surface area (Å²) in [5, 5.41) is 3.15. The Kier molecular flexibility index (Phi) is 13.8. The molecule has 1 aliphatic rings. The van der Waals surface area contributed by atoms with E-state index in [9.17, 15) is 9.59 Å². The average molecular weight is 557 g/mol. The van der Waals surface area contributed by atoms with Crippen LogP contribution in [0.1, 0.15) is 31.0 Å². The number of Topliss-reactive ketones (excluding diaryl/α,β-unsaturated/α-hetero) is 1. The SMILES string of the molecule is COc1c(CN)c(CCCCOc2ccc(CC3SCNC3C(=O)C=O)cc2)c(OC)c(OC)c1OC.[H-].[Na+]. The Morgan fingerprint density at radius 3 is 2.16 bits per heavy atom. The van der Waals surface area contributed by atoms with Crippen LogP contribution in [0.4, 0.5) is 0 Å². The molecule has 1 heterocycles. The number of nitrogens with one attached hydrogen (secondary N) is 1. The maximum Gasteiger partial charge on any atom is 1.00 e. The molecule has 38 heavy (non-hydrogen) atoms. The normalized spacial score (nSPS) is 16.3. The molecule has 0 radical (unpaired) electrons. The molecule has 2 aromatic carbocycles. The number of thioether (sulfide) groups is 1. The number of carbonyl (C=O) groups excluding carboxylic acids is 2. The van der Waals surface area contributed by atoms with Gasteiger partial charge in [-0.1, -0.05) is 12.1 Å². The number of rotatable bonds is 15. The zero-order chi connectivity index (χ0) is 26.8. The van der Waals surface area contributed by atoms with Gasteiger partial charge >= 0.3 is 29.6 Å². The maximum atomic E-state index is 11.8. The van der Waals surface area contributed by atoms with Crippen molar-refractivity contribution in [3.8, 4) is 28.7 Å². The minimum Gasteiger partial charge on any atom is -1.00 e. The standard InChI is InChI=1S/C27H36N2O7S.Na.H/c1-32-24-19(20(14-28)25(33-2)27(35-4)26(24)34-3)7-5-6-12-36-18-10-8-17(9-11-18)13-22-23(21(31)15-30)29-16-37-22;;/h8-11,15,22-23,29H,5-7,12-14,16,28H2,1-4H3;;/q;+1;-1. The molecule has 1 fully saturated rings. The largest absolute Gasteiger partial charge is 1.00 e. The minimum atomic E-state index is -0.414. The van der Waals surface area contributed by atoms with E-state index in [1.807, 2.05) is 24.3 Å². The van der Waals surface area contributed by atoms with Gasteiger partial charge in [-0.3, -0.25) is 14.9 Å². The quantitative estimate of drug-likeness (QED) is 0.135. The van der Waals surface area contributed by atoms with Crippen molar-refractivity contribution in [1.29, 1.82) is 0 Å². The molecule has 0 saturated carbocycles. The smallest absolute Gasteiger partial charge is 1.00 e. The van der Waals surface area contributed by atoms with E-state index in [1.165, 1.54) is 0 Å². The first kappa shape index (κ1) is 32.3. The van der Waals surface area contributed by atoms with Crippen molar-refractivity contribution in [2.75, 3.05) is 40.9 Å². The molecule has 2 aromatic rings. The van der Waals surface area contributed by atoms with E-state index in [0.29, 0.717) is 54.6 Å². The zero-order valence-electron chi connectivity index (χ0n) is 23.8. The topological polar surface area (TPSA) is 118 Å². The van der Waals surface area contributed by atoms with Gasteiger partial charge in [-0.05, 0) is 43.4 Å². The second-order valence-electron chi connectivity index (χ2n) is 8.50. The van der Waals surface area contributed by atoms with Crippen molar-refractivity contribution in [3.05, 3.63) is 41.0 Å². The van der Waals surface area contributed by atoms with Crippen molar-refractivity contribution in [3.63, 3.8) is 0 Å². The van der Waals surface area contributed by atoms with Gasteiger partial charge in [0, 0.05) is 28.8 Å². The van der Waals surface area contributed by atoms with Crippen molar-refractivity contribution in [1.82, 2.24) is 5.32 Å². The van der Waals surface area contributed by atoms with Gasteiger partial charge in [0.1, 0.15) is 5.75 Å². The molecule has 3 N–H and O–H groups in total. The third-order valence-electron chi connectivity index (χ3n) is 6.40. The zero-order valence-corrected chi connectivity index (χ0v) is 25.7. The summed E-state index contributed by atoms with van der Waals surface area (Å²) in [6.07, 6.45) is 3.50. The fourth-order valence-corrected chi connectivity index (χ4v) is 5.81. The third-order valence-corrected chi connectivity index (χ3v) is 7.60. The van der Waals surface area contributed by atoms with E-state index in [0.717, 1.165) is 35.3 Å². The molecule has 2 unspecified atom stereocenters. The summed E-state index contributed by atoms with van der Waals surface area (Å²) >= 11 is 1.66. The van der Waals surface area contributed by atoms with Gasteiger partial charge in [-0.2, -0.15) is 0 Å². The molecule has 3 rings (SSSR count). The van der Waals surface area contributed by atoms with Crippen LogP contribution in [0.25, 0.3) is 0 Å². The number of nitrogens with two attached hydrogens (primary N) is 1. The second-order valence-corrected chi connectivity index (χ2v) is 9.73. The van der Waals surface area contributed by atoms with Crippen LogP contribution in [-0.2, 0) is 29.0 Å². The first-order valence-corrected chi connectivity index (χ1v) is 13.2. The Bertz CT molecular complexity index is 1040. The number of ether oxygens (including phenoxy) is 5. The molecule has 1 aliphatic heterocycles. The predicted octanol–water partition coefficient (Wildman–Crippen LogP) is 0.0395. The summed E-state index contributed by atoms with van der Waals surface area (Å²) in [6.45, 7) is 0.833. The summed E-state index contributed by atoms with van der Waals surface area (Å²) in [6, 6.07) is 7.47. The molecular formula is C27H37N2NaO7S. The molecule has 0 bridgehead atoms. The van der Waals surface area contributed by atoms with E-state index in [4.69, 9.17) is 29.4 Å². The number of aldehydes is 1. The van der Waals surface area contributed by atoms with Gasteiger partial charge < -0.3 is 30.8 Å². The van der Waals surface area contributed by atoms with Crippen molar-refractivity contribution < 1.29 is 64.3 Å². The number of benzene rings is 2. The number of carbonyl (C=O) groups is 2. The van der Waals surface area contributed by atoms with Crippen LogP contribution in [0, 0.1) is 0 Å². The summed E-state index contributed by atoms with van der Waals surface area (Å²) in [5.41, 5.74) is 8.94. The Morgan fingerprint density at radius 1 is 1.00 bits per heavy atom. The number of hydrogen-bond donors (Lipinski definition) is 2. The molecule has 2 atom stereocenters. The second kappa shape index (κ2) is 16.2. The van der Waals surface area contributed by atoms with Gasteiger partial charge in [-0.15, -0.1) is 11.8 Å². The Labute approximate surface area is 252 Å². The molecule has 0 aliphatic carbocycles. The van der Waals surface area contributed by atoms with Gasteiger partial charge in [-0.25, -0.2) is 0 Å². The molecule has 0 aromatic heterocycles. The molecular weight excluding hydrogens is 519 g/mol.